The summed E-state index contributed by atoms with van der Waals surface area (Å²) >= 11 is 0. The van der Waals surface area contributed by atoms with Crippen molar-refractivity contribution in [3.63, 3.8) is 0 Å². The standard InChI is InChI=1S/C26H28N4O6S/c1-27-25(31)15-11-20(34-2)23(21(12-15)35-3)37(32,33)29-24-18-14-26(7-8-26)19-6-5-16(30-9-4-10-30)13-17(19)22(18)36-28-24/h5-6,11-13H,4,7-10,14H2,1-3H3,(H,27,31)(H,28,29)/i4D2,9D2,10D2. The van der Waals surface area contributed by atoms with Crippen molar-refractivity contribution in [3.8, 4) is 22.8 Å². The number of benzene rings is 2. The van der Waals surface area contributed by atoms with Crippen LogP contribution in [0.5, 0.6) is 11.5 Å². The molecule has 0 radical (unpaired) electrons. The summed E-state index contributed by atoms with van der Waals surface area (Å²) in [5.41, 5.74) is 1.75. The van der Waals surface area contributed by atoms with E-state index in [0.717, 1.165) is 23.3 Å². The number of nitrogens with one attached hydrogen (secondary N) is 2. The van der Waals surface area contributed by atoms with Crippen molar-refractivity contribution in [2.45, 2.75) is 35.9 Å². The third kappa shape index (κ3) is 3.71. The Labute approximate surface area is 223 Å². The lowest BCUT2D eigenvalue weighted by Crippen LogP contribution is -2.37. The molecule has 2 N–H and O–H groups in total. The Bertz CT molecular complexity index is 1750. The second-order valence-corrected chi connectivity index (χ2v) is 10.7. The molecule has 1 spiro atoms. The van der Waals surface area contributed by atoms with Gasteiger partial charge in [0.15, 0.2) is 16.5 Å². The molecule has 1 saturated carbocycles. The molecule has 2 fully saturated rings. The summed E-state index contributed by atoms with van der Waals surface area (Å²) in [6.45, 7) is -5.24. The first-order valence-electron chi connectivity index (χ1n) is 14.5. The van der Waals surface area contributed by atoms with E-state index in [1.165, 1.54) is 39.5 Å². The van der Waals surface area contributed by atoms with E-state index < -0.39 is 35.3 Å². The molecule has 2 aliphatic carbocycles. The number of aromatic nitrogens is 1. The fourth-order valence-electron chi connectivity index (χ4n) is 4.96. The zero-order valence-corrected chi connectivity index (χ0v) is 21.1. The summed E-state index contributed by atoms with van der Waals surface area (Å²) in [7, 11) is -0.449. The fraction of sp³-hybridized carbons (Fsp3) is 0.385. The number of nitrogens with zero attached hydrogens (tertiary/aromatic N) is 2. The number of carbonyl (C=O) groups excluding carboxylic acids is 1. The molecule has 2 heterocycles. The summed E-state index contributed by atoms with van der Waals surface area (Å²) in [6, 6.07) is 7.42. The van der Waals surface area contributed by atoms with Crippen molar-refractivity contribution in [2.24, 2.45) is 0 Å². The number of anilines is 2. The number of sulfonamides is 1. The van der Waals surface area contributed by atoms with Gasteiger partial charge in [-0.3, -0.25) is 9.52 Å². The monoisotopic (exact) mass is 530 g/mol. The molecule has 1 amide bonds. The number of rotatable bonds is 7. The first-order chi connectivity index (χ1) is 20.1. The highest BCUT2D eigenvalue weighted by atomic mass is 32.2. The van der Waals surface area contributed by atoms with Gasteiger partial charge >= 0.3 is 0 Å². The molecular weight excluding hydrogens is 496 g/mol. The topological polar surface area (TPSA) is 123 Å². The van der Waals surface area contributed by atoms with E-state index >= 15 is 0 Å². The lowest BCUT2D eigenvalue weighted by molar-refractivity contribution is 0.0962. The van der Waals surface area contributed by atoms with Crippen LogP contribution in [0.3, 0.4) is 0 Å². The number of ether oxygens (including phenoxy) is 2. The number of carbonyl (C=O) groups is 1. The Morgan fingerprint density at radius 3 is 2.49 bits per heavy atom. The van der Waals surface area contributed by atoms with Crippen molar-refractivity contribution in [1.29, 1.82) is 0 Å². The zero-order valence-electron chi connectivity index (χ0n) is 26.3. The summed E-state index contributed by atoms with van der Waals surface area (Å²) in [5.74, 6) is -0.556. The number of fused-ring (bicyclic) bond motifs is 4. The quantitative estimate of drug-likeness (QED) is 0.477. The maximum absolute atomic E-state index is 13.7. The van der Waals surface area contributed by atoms with E-state index in [9.17, 15) is 13.2 Å². The highest BCUT2D eigenvalue weighted by molar-refractivity contribution is 7.93. The minimum Gasteiger partial charge on any atom is -0.495 e. The van der Waals surface area contributed by atoms with E-state index in [4.69, 9.17) is 22.2 Å². The summed E-state index contributed by atoms with van der Waals surface area (Å²) in [4.78, 5) is 12.6. The van der Waals surface area contributed by atoms with Crippen LogP contribution in [0.25, 0.3) is 11.3 Å². The van der Waals surface area contributed by atoms with Crippen LogP contribution in [0.2, 0.25) is 0 Å². The first kappa shape index (κ1) is 17.7. The van der Waals surface area contributed by atoms with E-state index in [0.29, 0.717) is 17.5 Å². The van der Waals surface area contributed by atoms with Crippen molar-refractivity contribution >= 4 is 27.4 Å². The van der Waals surface area contributed by atoms with Crippen molar-refractivity contribution in [3.05, 3.63) is 47.0 Å². The molecule has 37 heavy (non-hydrogen) atoms. The van der Waals surface area contributed by atoms with E-state index in [1.54, 1.807) is 12.1 Å². The zero-order chi connectivity index (χ0) is 31.3. The Morgan fingerprint density at radius 1 is 1.16 bits per heavy atom. The normalized spacial score (nSPS) is 23.4. The highest BCUT2D eigenvalue weighted by Gasteiger charge is 2.50. The van der Waals surface area contributed by atoms with Crippen LogP contribution in [0, 0.1) is 0 Å². The second-order valence-electron chi connectivity index (χ2n) is 9.10. The molecule has 6 rings (SSSR count). The van der Waals surface area contributed by atoms with Gasteiger partial charge in [0.05, 0.1) is 14.2 Å². The molecule has 0 bridgehead atoms. The van der Waals surface area contributed by atoms with Crippen LogP contribution in [0.1, 0.15) is 48.9 Å². The van der Waals surface area contributed by atoms with Crippen LogP contribution in [0.4, 0.5) is 11.5 Å². The highest BCUT2D eigenvalue weighted by Crippen LogP contribution is 2.59. The number of methoxy groups -OCH3 is 2. The molecule has 194 valence electrons. The number of hydrogen-bond acceptors (Lipinski definition) is 8. The fourth-order valence-corrected chi connectivity index (χ4v) is 6.29. The Morgan fingerprint density at radius 2 is 1.86 bits per heavy atom. The molecule has 0 atom stereocenters. The van der Waals surface area contributed by atoms with E-state index in [1.807, 2.05) is 0 Å². The Balaban J connectivity index is 1.42. The predicted molar refractivity (Wildman–Crippen MR) is 137 cm³/mol. The third-order valence-corrected chi connectivity index (χ3v) is 8.42. The van der Waals surface area contributed by atoms with Crippen LogP contribution in [-0.4, -0.2) is 53.7 Å². The lowest BCUT2D eigenvalue weighted by atomic mass is 9.79. The molecule has 1 saturated heterocycles. The van der Waals surface area contributed by atoms with Crippen LogP contribution in [-0.2, 0) is 21.9 Å². The predicted octanol–water partition coefficient (Wildman–Crippen LogP) is 3.32. The van der Waals surface area contributed by atoms with E-state index in [-0.39, 0.29) is 44.6 Å². The Hall–Kier alpha value is -3.73. The van der Waals surface area contributed by atoms with E-state index in [2.05, 4.69) is 15.2 Å². The second kappa shape index (κ2) is 8.41. The van der Waals surface area contributed by atoms with Gasteiger partial charge in [0.25, 0.3) is 15.9 Å². The van der Waals surface area contributed by atoms with Gasteiger partial charge in [0.1, 0.15) is 11.5 Å². The molecule has 10 nitrogen and oxygen atoms in total. The van der Waals surface area contributed by atoms with Crippen molar-refractivity contribution in [1.82, 2.24) is 10.5 Å². The van der Waals surface area contributed by atoms with Crippen LogP contribution in [0.15, 0.2) is 39.8 Å². The number of hydrogen-bond donors (Lipinski definition) is 2. The van der Waals surface area contributed by atoms with Crippen molar-refractivity contribution in [2.75, 3.05) is 43.9 Å². The molecule has 1 aromatic heterocycles. The minimum absolute atomic E-state index is 0.0669. The van der Waals surface area contributed by atoms with Gasteiger partial charge in [0.2, 0.25) is 0 Å². The van der Waals surface area contributed by atoms with Gasteiger partial charge in [0, 0.05) is 56.1 Å². The molecule has 3 aliphatic rings. The third-order valence-electron chi connectivity index (χ3n) is 7.02. The summed E-state index contributed by atoms with van der Waals surface area (Å²) in [6.07, 6.45) is -0.746. The largest absolute Gasteiger partial charge is 0.495 e. The lowest BCUT2D eigenvalue weighted by Gasteiger charge is -2.34. The van der Waals surface area contributed by atoms with Gasteiger partial charge in [-0.05, 0) is 55.5 Å². The van der Waals surface area contributed by atoms with Gasteiger partial charge < -0.3 is 24.2 Å². The molecule has 2 aromatic carbocycles. The molecule has 0 unspecified atom stereocenters. The maximum atomic E-state index is 13.7. The molecule has 3 aromatic rings. The average molecular weight is 531 g/mol. The number of amides is 1. The molecule has 1 aliphatic heterocycles. The Kier molecular flexibility index (Phi) is 4.02. The summed E-state index contributed by atoms with van der Waals surface area (Å²) < 4.78 is 95.0. The SMILES string of the molecule is [2H]C1([2H])N(c2ccc3c(c2)-c2onc(NS(=O)(=O)c4c(OC)cc(C(=O)NC)cc4OC)c2CC32CC2)C([2H])([2H])C1([2H])[2H]. The minimum atomic E-state index is -4.41. The smallest absolute Gasteiger partial charge is 0.270 e. The maximum Gasteiger partial charge on any atom is 0.270 e. The van der Waals surface area contributed by atoms with Gasteiger partial charge in [-0.25, -0.2) is 8.42 Å². The first-order valence-corrected chi connectivity index (χ1v) is 13.0. The molecule has 11 heteroatoms. The van der Waals surface area contributed by atoms with Crippen molar-refractivity contribution < 1.29 is 35.4 Å². The van der Waals surface area contributed by atoms with Crippen LogP contribution >= 0.6 is 0 Å². The summed E-state index contributed by atoms with van der Waals surface area (Å²) in [5, 5.41) is 6.49. The molecular formula is C26H28N4O6S. The average Bonchev–Trinajstić information content (AvgIpc) is 3.62. The van der Waals surface area contributed by atoms with Gasteiger partial charge in [-0.1, -0.05) is 11.2 Å². The van der Waals surface area contributed by atoms with Crippen LogP contribution < -0.4 is 24.4 Å². The van der Waals surface area contributed by atoms with Gasteiger partial charge in [-0.15, -0.1) is 0 Å². The van der Waals surface area contributed by atoms with Gasteiger partial charge in [-0.2, -0.15) is 0 Å².